The lowest BCUT2D eigenvalue weighted by atomic mass is 9.98. The van der Waals surface area contributed by atoms with E-state index in [1.54, 1.807) is 12.1 Å². The molecule has 3 rings (SSSR count). The average molecular weight is 402 g/mol. The summed E-state index contributed by atoms with van der Waals surface area (Å²) in [6.07, 6.45) is 0. The van der Waals surface area contributed by atoms with Crippen LogP contribution in [-0.2, 0) is 21.4 Å². The molecule has 1 amide bonds. The van der Waals surface area contributed by atoms with Gasteiger partial charge in [-0.3, -0.25) is 9.69 Å². The van der Waals surface area contributed by atoms with E-state index in [4.69, 9.17) is 16.7 Å². The minimum Gasteiger partial charge on any atom is -0.382 e. The molecule has 1 aliphatic rings. The van der Waals surface area contributed by atoms with Gasteiger partial charge in [0.1, 0.15) is 0 Å². The Labute approximate surface area is 163 Å². The van der Waals surface area contributed by atoms with Crippen molar-refractivity contribution in [3.05, 3.63) is 53.6 Å². The molecule has 2 aromatic carbocycles. The number of carbonyl (C=O) groups is 1. The quantitative estimate of drug-likeness (QED) is 0.229. The summed E-state index contributed by atoms with van der Waals surface area (Å²) < 4.78 is 23.9. The molecule has 148 valence electrons. The number of benzene rings is 2. The van der Waals surface area contributed by atoms with Crippen molar-refractivity contribution < 1.29 is 13.2 Å². The van der Waals surface area contributed by atoms with Crippen molar-refractivity contribution in [2.75, 3.05) is 19.6 Å². The highest BCUT2D eigenvalue weighted by Gasteiger charge is 2.21. The molecular weight excluding hydrogens is 380 g/mol. The third-order valence-corrected chi connectivity index (χ3v) is 5.47. The van der Waals surface area contributed by atoms with E-state index >= 15 is 0 Å². The van der Waals surface area contributed by atoms with Crippen molar-refractivity contribution in [1.82, 2.24) is 10.2 Å². The minimum absolute atomic E-state index is 0.0175. The largest absolute Gasteiger partial charge is 0.382 e. The molecule has 7 N–H and O–H groups in total. The number of nitrogens with one attached hydrogen (secondary N) is 1. The molecule has 9 nitrogen and oxygen atoms in total. The van der Waals surface area contributed by atoms with Crippen LogP contribution in [-0.4, -0.2) is 44.7 Å². The summed E-state index contributed by atoms with van der Waals surface area (Å²) >= 11 is 0. The van der Waals surface area contributed by atoms with Crippen LogP contribution in [0.5, 0.6) is 0 Å². The smallest absolute Gasteiger partial charge is 0.238 e. The first-order chi connectivity index (χ1) is 13.3. The van der Waals surface area contributed by atoms with Gasteiger partial charge in [-0.05, 0) is 22.8 Å². The summed E-state index contributed by atoms with van der Waals surface area (Å²) in [5.41, 5.74) is 8.36. The number of nitrogens with zero attached hydrogens (tertiary/aromatic N) is 2. The Morgan fingerprint density at radius 3 is 2.50 bits per heavy atom. The molecule has 1 aliphatic heterocycles. The second-order valence-corrected chi connectivity index (χ2v) is 8.03. The summed E-state index contributed by atoms with van der Waals surface area (Å²) in [4.78, 5) is 13.4. The zero-order valence-corrected chi connectivity index (χ0v) is 15.9. The highest BCUT2D eigenvalue weighted by Crippen LogP contribution is 2.28. The maximum absolute atomic E-state index is 11.9. The number of nitrogens with two attached hydrogens (primary N) is 3. The number of sulfonamides is 1. The fourth-order valence-corrected chi connectivity index (χ4v) is 3.98. The van der Waals surface area contributed by atoms with Gasteiger partial charge in [0.25, 0.3) is 0 Å². The van der Waals surface area contributed by atoms with Crippen LogP contribution in [0.1, 0.15) is 11.1 Å². The zero-order valence-electron chi connectivity index (χ0n) is 15.1. The molecule has 1 saturated heterocycles. The Morgan fingerprint density at radius 2 is 1.89 bits per heavy atom. The van der Waals surface area contributed by atoms with E-state index < -0.39 is 10.0 Å². The Balaban J connectivity index is 1.95. The number of piperazine rings is 1. The highest BCUT2D eigenvalue weighted by atomic mass is 32.2. The van der Waals surface area contributed by atoms with Gasteiger partial charge >= 0.3 is 0 Å². The summed E-state index contributed by atoms with van der Waals surface area (Å²) in [5.74, 6) is 5.19. The first-order valence-electron chi connectivity index (χ1n) is 8.57. The highest BCUT2D eigenvalue weighted by molar-refractivity contribution is 7.89. The summed E-state index contributed by atoms with van der Waals surface area (Å²) in [6.45, 7) is 2.44. The average Bonchev–Trinajstić information content (AvgIpc) is 2.67. The molecule has 10 heteroatoms. The second kappa shape index (κ2) is 7.97. The Hall–Kier alpha value is -2.95. The number of rotatable bonds is 5. The zero-order chi connectivity index (χ0) is 20.3. The molecule has 0 aliphatic carbocycles. The van der Waals surface area contributed by atoms with E-state index in [0.29, 0.717) is 25.2 Å². The fraction of sp³-hybridized carbons (Fsp3) is 0.222. The van der Waals surface area contributed by atoms with Crippen LogP contribution in [0.3, 0.4) is 0 Å². The van der Waals surface area contributed by atoms with Crippen molar-refractivity contribution in [3.8, 4) is 11.1 Å². The van der Waals surface area contributed by atoms with Crippen molar-refractivity contribution in [1.29, 1.82) is 0 Å². The van der Waals surface area contributed by atoms with Crippen LogP contribution in [0.15, 0.2) is 52.5 Å². The fourth-order valence-electron chi connectivity index (χ4n) is 3.21. The lowest BCUT2D eigenvalue weighted by Crippen LogP contribution is -2.47. The van der Waals surface area contributed by atoms with Crippen LogP contribution < -0.4 is 22.0 Å². The van der Waals surface area contributed by atoms with Crippen molar-refractivity contribution >= 4 is 21.8 Å². The van der Waals surface area contributed by atoms with Gasteiger partial charge in [0.15, 0.2) is 5.84 Å². The number of hydrogen-bond donors (Lipinski definition) is 4. The summed E-state index contributed by atoms with van der Waals surface area (Å²) in [7, 11) is -4.01. The van der Waals surface area contributed by atoms with Crippen LogP contribution in [0.4, 0.5) is 0 Å². The Bertz CT molecular complexity index is 1020. The SMILES string of the molecule is N/N=C(\N)c1c(-c2ccc(CN3CCNC(=O)C3)cc2)cccc1S(N)(=O)=O. The van der Waals surface area contributed by atoms with Crippen LogP contribution in [0.2, 0.25) is 0 Å². The van der Waals surface area contributed by atoms with E-state index in [9.17, 15) is 13.2 Å². The van der Waals surface area contributed by atoms with Gasteiger partial charge in [0.2, 0.25) is 15.9 Å². The number of amidine groups is 1. The predicted molar refractivity (Wildman–Crippen MR) is 106 cm³/mol. The molecule has 0 radical (unpaired) electrons. The number of carbonyl (C=O) groups excluding carboxylic acids is 1. The van der Waals surface area contributed by atoms with Gasteiger partial charge in [0.05, 0.1) is 11.4 Å². The molecule has 1 heterocycles. The number of hydrazone groups is 1. The van der Waals surface area contributed by atoms with Crippen LogP contribution >= 0.6 is 0 Å². The second-order valence-electron chi connectivity index (χ2n) is 6.50. The summed E-state index contributed by atoms with van der Waals surface area (Å²) in [5, 5.41) is 11.6. The third kappa shape index (κ3) is 4.30. The van der Waals surface area contributed by atoms with Crippen LogP contribution in [0, 0.1) is 0 Å². The number of amides is 1. The molecular formula is C18H22N6O3S. The molecule has 28 heavy (non-hydrogen) atoms. The van der Waals surface area contributed by atoms with E-state index in [2.05, 4.69) is 15.3 Å². The molecule has 0 unspecified atom stereocenters. The number of primary sulfonamides is 1. The van der Waals surface area contributed by atoms with Gasteiger partial charge in [-0.2, -0.15) is 5.10 Å². The minimum atomic E-state index is -4.01. The molecule has 2 aromatic rings. The normalized spacial score (nSPS) is 16.0. The molecule has 0 bridgehead atoms. The van der Waals surface area contributed by atoms with E-state index in [0.717, 1.165) is 17.7 Å². The first-order valence-corrected chi connectivity index (χ1v) is 10.1. The topological polar surface area (TPSA) is 157 Å². The monoisotopic (exact) mass is 402 g/mol. The molecule has 1 fully saturated rings. The van der Waals surface area contributed by atoms with Crippen molar-refractivity contribution in [2.45, 2.75) is 11.4 Å². The molecule has 0 spiro atoms. The van der Waals surface area contributed by atoms with Gasteiger partial charge in [-0.15, -0.1) is 0 Å². The maximum atomic E-state index is 11.9. The maximum Gasteiger partial charge on any atom is 0.238 e. The Kier molecular flexibility index (Phi) is 5.63. The third-order valence-electron chi connectivity index (χ3n) is 4.52. The van der Waals surface area contributed by atoms with Gasteiger partial charge in [-0.25, -0.2) is 13.6 Å². The molecule has 0 aromatic heterocycles. The van der Waals surface area contributed by atoms with Crippen LogP contribution in [0.25, 0.3) is 11.1 Å². The first kappa shape index (κ1) is 19.8. The summed E-state index contributed by atoms with van der Waals surface area (Å²) in [6, 6.07) is 12.2. The number of hydrogen-bond acceptors (Lipinski definition) is 6. The van der Waals surface area contributed by atoms with E-state index in [1.165, 1.54) is 6.07 Å². The van der Waals surface area contributed by atoms with Gasteiger partial charge in [0, 0.05) is 25.2 Å². The predicted octanol–water partition coefficient (Wildman–Crippen LogP) is -0.488. The molecule has 0 atom stereocenters. The van der Waals surface area contributed by atoms with Crippen molar-refractivity contribution in [2.24, 2.45) is 21.8 Å². The van der Waals surface area contributed by atoms with E-state index in [-0.39, 0.29) is 22.2 Å². The van der Waals surface area contributed by atoms with Crippen molar-refractivity contribution in [3.63, 3.8) is 0 Å². The standard InChI is InChI=1S/C18H22N6O3S/c19-18(23-20)17-14(2-1-3-15(17)28(21,26)27)13-6-4-12(5-7-13)10-24-9-8-22-16(25)11-24/h1-7H,8-11,20H2,(H2,19,23)(H,22,25)(H2,21,26,27). The lowest BCUT2D eigenvalue weighted by Gasteiger charge is -2.26. The lowest BCUT2D eigenvalue weighted by molar-refractivity contribution is -0.124. The van der Waals surface area contributed by atoms with Gasteiger partial charge < -0.3 is 16.9 Å². The Morgan fingerprint density at radius 1 is 1.18 bits per heavy atom. The van der Waals surface area contributed by atoms with Gasteiger partial charge in [-0.1, -0.05) is 36.4 Å². The van der Waals surface area contributed by atoms with E-state index in [1.807, 2.05) is 24.3 Å². The molecule has 0 saturated carbocycles.